The highest BCUT2D eigenvalue weighted by Crippen LogP contribution is 2.15. The van der Waals surface area contributed by atoms with Crippen molar-refractivity contribution in [3.8, 4) is 0 Å². The number of allylic oxidation sites excluding steroid dienone is 1. The maximum absolute atomic E-state index is 12.5. The number of hydrogen-bond donors (Lipinski definition) is 3. The summed E-state index contributed by atoms with van der Waals surface area (Å²) < 4.78 is 0. The molecule has 0 unspecified atom stereocenters. The third-order valence-electron chi connectivity index (χ3n) is 4.45. The topological polar surface area (TPSA) is 94.4 Å². The van der Waals surface area contributed by atoms with Gasteiger partial charge < -0.3 is 15.0 Å². The Bertz CT molecular complexity index is 1440. The zero-order chi connectivity index (χ0) is 19.7. The summed E-state index contributed by atoms with van der Waals surface area (Å²) >= 11 is 0. The number of nitrogens with one attached hydrogen (secondary N) is 3. The molecule has 0 amide bonds. The van der Waals surface area contributed by atoms with E-state index in [1.165, 1.54) is 12.4 Å². The number of aromatic amines is 3. The lowest BCUT2D eigenvalue weighted by molar-refractivity contribution is 1.00. The van der Waals surface area contributed by atoms with Crippen LogP contribution in [0, 0.1) is 0 Å². The Hall–Kier alpha value is -3.93. The molecule has 0 aliphatic rings. The van der Waals surface area contributed by atoms with Crippen molar-refractivity contribution in [2.45, 2.75) is 6.92 Å². The molecule has 4 rings (SSSR count). The van der Waals surface area contributed by atoms with Crippen molar-refractivity contribution < 1.29 is 0 Å². The minimum absolute atomic E-state index is 0.135. The smallest absolute Gasteiger partial charge is 0.272 e. The largest absolute Gasteiger partial charge is 0.344 e. The van der Waals surface area contributed by atoms with E-state index in [-0.39, 0.29) is 16.3 Å². The van der Waals surface area contributed by atoms with Gasteiger partial charge in [-0.05, 0) is 47.1 Å². The van der Waals surface area contributed by atoms with Gasteiger partial charge in [0.1, 0.15) is 10.7 Å². The van der Waals surface area contributed by atoms with Crippen LogP contribution in [0.5, 0.6) is 0 Å². The van der Waals surface area contributed by atoms with Gasteiger partial charge in [-0.2, -0.15) is 0 Å². The van der Waals surface area contributed by atoms with Gasteiger partial charge >= 0.3 is 0 Å². The summed E-state index contributed by atoms with van der Waals surface area (Å²) in [5.41, 5.74) is 2.08. The van der Waals surface area contributed by atoms with E-state index < -0.39 is 5.56 Å². The first-order chi connectivity index (χ1) is 13.5. The second-order valence-electron chi connectivity index (χ2n) is 6.57. The first-order valence-corrected chi connectivity index (χ1v) is 8.75. The summed E-state index contributed by atoms with van der Waals surface area (Å²) in [4.78, 5) is 37.4. The zero-order valence-corrected chi connectivity index (χ0v) is 15.2. The molecule has 6 nitrogen and oxygen atoms in total. The van der Waals surface area contributed by atoms with Crippen LogP contribution >= 0.6 is 0 Å². The van der Waals surface area contributed by atoms with Crippen LogP contribution in [-0.2, 0) is 0 Å². The molecule has 2 aromatic carbocycles. The lowest BCUT2D eigenvalue weighted by Gasteiger charge is -1.99. The quantitative estimate of drug-likeness (QED) is 0.512. The average molecular weight is 370 g/mol. The average Bonchev–Trinajstić information content (AvgIpc) is 3.14. The van der Waals surface area contributed by atoms with Crippen LogP contribution in [0.15, 0.2) is 65.0 Å². The van der Waals surface area contributed by atoms with Crippen molar-refractivity contribution >= 4 is 28.5 Å². The number of fused-ring (bicyclic) bond motifs is 1. The standard InChI is InChI=1S/C22H18N4O2/c1-13(2)20-17(23-12-24-20)11-19-22(28)25-18(21(27)26-19)10-14-7-8-15-5-3-4-6-16(15)9-14/h3-12H,1H2,2H3,(H,23,24)(H,25,28)(H,26,27)/b18-10-,19-11-. The summed E-state index contributed by atoms with van der Waals surface area (Å²) in [5, 5.41) is 2.50. The highest BCUT2D eigenvalue weighted by atomic mass is 16.1. The molecule has 6 heteroatoms. The fraction of sp³-hybridized carbons (Fsp3) is 0.0455. The van der Waals surface area contributed by atoms with E-state index in [0.717, 1.165) is 21.9 Å². The molecule has 0 aliphatic carbocycles. The molecule has 138 valence electrons. The van der Waals surface area contributed by atoms with E-state index in [1.54, 1.807) is 6.08 Å². The van der Waals surface area contributed by atoms with Crippen molar-refractivity contribution in [3.05, 3.63) is 104 Å². The van der Waals surface area contributed by atoms with Gasteiger partial charge in [0.2, 0.25) is 0 Å². The van der Waals surface area contributed by atoms with E-state index in [1.807, 2.05) is 49.4 Å². The number of H-pyrrole nitrogens is 3. The highest BCUT2D eigenvalue weighted by molar-refractivity contribution is 5.84. The van der Waals surface area contributed by atoms with Gasteiger partial charge in [0.25, 0.3) is 11.1 Å². The Balaban J connectivity index is 1.83. The van der Waals surface area contributed by atoms with Gasteiger partial charge in [-0.3, -0.25) is 9.59 Å². The van der Waals surface area contributed by atoms with Crippen LogP contribution in [0.2, 0.25) is 0 Å². The normalized spacial score (nSPS) is 12.6. The van der Waals surface area contributed by atoms with Gasteiger partial charge in [-0.15, -0.1) is 0 Å². The second kappa shape index (κ2) is 7.00. The summed E-state index contributed by atoms with van der Waals surface area (Å²) in [7, 11) is 0. The van der Waals surface area contributed by atoms with Crippen LogP contribution < -0.4 is 21.8 Å². The Morgan fingerprint density at radius 1 is 0.964 bits per heavy atom. The maximum atomic E-state index is 12.5. The lowest BCUT2D eigenvalue weighted by atomic mass is 10.1. The van der Waals surface area contributed by atoms with Crippen molar-refractivity contribution in [2.75, 3.05) is 0 Å². The van der Waals surface area contributed by atoms with Crippen LogP contribution in [0.3, 0.4) is 0 Å². The predicted molar refractivity (Wildman–Crippen MR) is 111 cm³/mol. The molecule has 0 spiro atoms. The SMILES string of the molecule is C=C(C)c1[nH]cnc1/C=c1\[nH]c(=O)/c(=C/c2ccc3ccccc3c2)[nH]c1=O. The second-order valence-corrected chi connectivity index (χ2v) is 6.57. The number of rotatable bonds is 3. The molecular formula is C22H18N4O2. The van der Waals surface area contributed by atoms with Crippen molar-refractivity contribution in [3.63, 3.8) is 0 Å². The fourth-order valence-electron chi connectivity index (χ4n) is 3.05. The Labute approximate surface area is 159 Å². The van der Waals surface area contributed by atoms with Crippen molar-refractivity contribution in [1.29, 1.82) is 0 Å². The molecule has 2 aromatic heterocycles. The first-order valence-electron chi connectivity index (χ1n) is 8.75. The molecule has 0 saturated carbocycles. The lowest BCUT2D eigenvalue weighted by Crippen LogP contribution is -2.46. The number of aromatic nitrogens is 4. The van der Waals surface area contributed by atoms with Gasteiger partial charge in [0.15, 0.2) is 0 Å². The molecule has 0 atom stereocenters. The molecular weight excluding hydrogens is 352 g/mol. The monoisotopic (exact) mass is 370 g/mol. The Morgan fingerprint density at radius 2 is 1.64 bits per heavy atom. The van der Waals surface area contributed by atoms with Gasteiger partial charge in [-0.25, -0.2) is 4.98 Å². The fourth-order valence-corrected chi connectivity index (χ4v) is 3.05. The molecule has 28 heavy (non-hydrogen) atoms. The molecule has 0 fully saturated rings. The van der Waals surface area contributed by atoms with Crippen LogP contribution in [0.25, 0.3) is 28.5 Å². The number of hydrogen-bond acceptors (Lipinski definition) is 3. The number of benzene rings is 2. The minimum atomic E-state index is -0.401. The van der Waals surface area contributed by atoms with E-state index in [9.17, 15) is 9.59 Å². The van der Waals surface area contributed by atoms with Gasteiger partial charge in [0, 0.05) is 0 Å². The van der Waals surface area contributed by atoms with E-state index in [4.69, 9.17) is 0 Å². The van der Waals surface area contributed by atoms with Crippen molar-refractivity contribution in [1.82, 2.24) is 19.9 Å². The number of nitrogens with zero attached hydrogens (tertiary/aromatic N) is 1. The van der Waals surface area contributed by atoms with Gasteiger partial charge in [0.05, 0.1) is 17.7 Å². The zero-order valence-electron chi connectivity index (χ0n) is 15.2. The summed E-state index contributed by atoms with van der Waals surface area (Å²) in [6, 6.07) is 13.8. The summed E-state index contributed by atoms with van der Waals surface area (Å²) in [6.45, 7) is 5.70. The van der Waals surface area contributed by atoms with E-state index >= 15 is 0 Å². The van der Waals surface area contributed by atoms with E-state index in [0.29, 0.717) is 11.4 Å². The third-order valence-corrected chi connectivity index (χ3v) is 4.45. The maximum Gasteiger partial charge on any atom is 0.272 e. The molecule has 2 heterocycles. The Kier molecular flexibility index (Phi) is 4.37. The highest BCUT2D eigenvalue weighted by Gasteiger charge is 2.04. The number of imidazole rings is 1. The Morgan fingerprint density at radius 3 is 2.36 bits per heavy atom. The van der Waals surface area contributed by atoms with E-state index in [2.05, 4.69) is 26.5 Å². The van der Waals surface area contributed by atoms with Gasteiger partial charge in [-0.1, -0.05) is 43.0 Å². The van der Waals surface area contributed by atoms with Crippen LogP contribution in [0.1, 0.15) is 23.9 Å². The summed E-state index contributed by atoms with van der Waals surface area (Å²) in [5.74, 6) is 0. The third kappa shape index (κ3) is 3.35. The van der Waals surface area contributed by atoms with Crippen LogP contribution in [0.4, 0.5) is 0 Å². The van der Waals surface area contributed by atoms with Crippen LogP contribution in [-0.4, -0.2) is 19.9 Å². The molecule has 3 N–H and O–H groups in total. The first kappa shape index (κ1) is 17.5. The molecule has 0 radical (unpaired) electrons. The minimum Gasteiger partial charge on any atom is -0.344 e. The summed E-state index contributed by atoms with van der Waals surface area (Å²) in [6.07, 6.45) is 4.70. The predicted octanol–water partition coefficient (Wildman–Crippen LogP) is 1.63. The molecule has 0 aliphatic heterocycles. The van der Waals surface area contributed by atoms with Crippen molar-refractivity contribution in [2.24, 2.45) is 0 Å². The molecule has 0 bridgehead atoms. The molecule has 4 aromatic rings. The molecule has 0 saturated heterocycles.